The molecule has 0 fully saturated rings. The van der Waals surface area contributed by atoms with Gasteiger partial charge in [0.25, 0.3) is 10.0 Å². The maximum absolute atomic E-state index is 12.9. The van der Waals surface area contributed by atoms with Crippen molar-refractivity contribution >= 4 is 26.7 Å². The number of anilines is 1. The molecule has 1 aliphatic rings. The molecule has 1 aromatic heterocycles. The van der Waals surface area contributed by atoms with Gasteiger partial charge in [-0.1, -0.05) is 35.9 Å². The Bertz CT molecular complexity index is 995. The van der Waals surface area contributed by atoms with E-state index in [1.807, 2.05) is 49.4 Å². The Kier molecular flexibility index (Phi) is 3.13. The minimum Gasteiger partial charge on any atom is -0.249 e. The fourth-order valence-corrected chi connectivity index (χ4v) is 4.40. The minimum atomic E-state index is -3.57. The van der Waals surface area contributed by atoms with Gasteiger partial charge in [-0.15, -0.1) is 0 Å². The number of hydrogen-bond donors (Lipinski definition) is 0. The number of aryl methyl sites for hydroxylation is 1. The van der Waals surface area contributed by atoms with E-state index in [2.05, 4.69) is 4.98 Å². The average Bonchev–Trinajstić information content (AvgIpc) is 2.96. The van der Waals surface area contributed by atoms with E-state index in [0.29, 0.717) is 23.7 Å². The Labute approximate surface area is 135 Å². The van der Waals surface area contributed by atoms with Gasteiger partial charge < -0.3 is 0 Å². The van der Waals surface area contributed by atoms with Crippen molar-refractivity contribution in [3.05, 3.63) is 65.7 Å². The van der Waals surface area contributed by atoms with Crippen LogP contribution in [0.5, 0.6) is 0 Å². The van der Waals surface area contributed by atoms with E-state index in [1.54, 1.807) is 12.1 Å². The predicted molar refractivity (Wildman–Crippen MR) is 91.2 cm³/mol. The molecule has 4 rings (SSSR count). The third-order valence-electron chi connectivity index (χ3n) is 4.21. The summed E-state index contributed by atoms with van der Waals surface area (Å²) in [5, 5.41) is 1.04. The largest absolute Gasteiger partial charge is 0.265 e. The molecule has 5 heteroatoms. The van der Waals surface area contributed by atoms with Crippen LogP contribution in [0.4, 0.5) is 5.82 Å². The molecule has 0 saturated heterocycles. The Morgan fingerprint density at radius 1 is 1.04 bits per heavy atom. The third-order valence-corrected chi connectivity index (χ3v) is 6.01. The van der Waals surface area contributed by atoms with Crippen LogP contribution in [0.3, 0.4) is 0 Å². The Hall–Kier alpha value is -2.40. The van der Waals surface area contributed by atoms with Gasteiger partial charge in [0.15, 0.2) is 0 Å². The van der Waals surface area contributed by atoms with Crippen LogP contribution in [-0.2, 0) is 16.4 Å². The number of rotatable bonds is 2. The summed E-state index contributed by atoms with van der Waals surface area (Å²) in [4.78, 5) is 4.90. The molecule has 0 aliphatic carbocycles. The lowest BCUT2D eigenvalue weighted by Crippen LogP contribution is -2.29. The highest BCUT2D eigenvalue weighted by atomic mass is 32.2. The molecule has 3 aromatic rings. The number of para-hydroxylation sites is 1. The summed E-state index contributed by atoms with van der Waals surface area (Å²) >= 11 is 0. The molecule has 0 spiro atoms. The van der Waals surface area contributed by atoms with Gasteiger partial charge in [-0.25, -0.2) is 17.7 Å². The first-order chi connectivity index (χ1) is 11.1. The van der Waals surface area contributed by atoms with Gasteiger partial charge in [-0.2, -0.15) is 0 Å². The zero-order chi connectivity index (χ0) is 16.0. The summed E-state index contributed by atoms with van der Waals surface area (Å²) in [5.41, 5.74) is 2.84. The molecule has 0 radical (unpaired) electrons. The monoisotopic (exact) mass is 324 g/mol. The smallest absolute Gasteiger partial charge is 0.249 e. The van der Waals surface area contributed by atoms with E-state index in [-0.39, 0.29) is 0 Å². The standard InChI is InChI=1S/C18H16N2O2S/c1-13-6-8-16(9-7-13)23(21,22)20-11-10-15-12-14-4-2-3-5-17(14)19-18(15)20/h2-9,12H,10-11H2,1H3. The first-order valence-electron chi connectivity index (χ1n) is 7.54. The number of aromatic nitrogens is 1. The molecule has 2 heterocycles. The lowest BCUT2D eigenvalue weighted by Gasteiger charge is -2.19. The first kappa shape index (κ1) is 14.2. The summed E-state index contributed by atoms with van der Waals surface area (Å²) in [6.45, 7) is 2.38. The lowest BCUT2D eigenvalue weighted by molar-refractivity contribution is 0.592. The molecule has 0 bridgehead atoms. The fraction of sp³-hybridized carbons (Fsp3) is 0.167. The maximum atomic E-state index is 12.9. The number of nitrogens with zero attached hydrogens (tertiary/aromatic N) is 2. The van der Waals surface area contributed by atoms with Gasteiger partial charge in [-0.3, -0.25) is 0 Å². The SMILES string of the molecule is Cc1ccc(S(=O)(=O)N2CCc3cc4ccccc4nc32)cc1. The van der Waals surface area contributed by atoms with Crippen molar-refractivity contribution in [2.75, 3.05) is 10.8 Å². The summed E-state index contributed by atoms with van der Waals surface area (Å²) in [5.74, 6) is 0.560. The Morgan fingerprint density at radius 3 is 2.57 bits per heavy atom. The van der Waals surface area contributed by atoms with Crippen LogP contribution in [-0.4, -0.2) is 19.9 Å². The highest BCUT2D eigenvalue weighted by Gasteiger charge is 2.32. The van der Waals surface area contributed by atoms with Gasteiger partial charge in [0.05, 0.1) is 10.4 Å². The quantitative estimate of drug-likeness (QED) is 0.727. The van der Waals surface area contributed by atoms with Gasteiger partial charge in [0.2, 0.25) is 0 Å². The van der Waals surface area contributed by atoms with Gasteiger partial charge in [0.1, 0.15) is 5.82 Å². The van der Waals surface area contributed by atoms with Crippen molar-refractivity contribution in [2.24, 2.45) is 0 Å². The van der Waals surface area contributed by atoms with Gasteiger partial charge in [-0.05, 0) is 43.2 Å². The van der Waals surface area contributed by atoms with Crippen LogP contribution in [0.15, 0.2) is 59.5 Å². The number of pyridine rings is 1. The molecule has 4 nitrogen and oxygen atoms in total. The summed E-state index contributed by atoms with van der Waals surface area (Å²) in [6, 6.07) is 16.8. The van der Waals surface area contributed by atoms with E-state index in [0.717, 1.165) is 22.0 Å². The van der Waals surface area contributed by atoms with E-state index < -0.39 is 10.0 Å². The van der Waals surface area contributed by atoms with Crippen molar-refractivity contribution in [1.82, 2.24) is 4.98 Å². The number of hydrogen-bond acceptors (Lipinski definition) is 3. The van der Waals surface area contributed by atoms with Crippen molar-refractivity contribution in [2.45, 2.75) is 18.2 Å². The second-order valence-electron chi connectivity index (χ2n) is 5.80. The first-order valence-corrected chi connectivity index (χ1v) is 8.98. The number of sulfonamides is 1. The molecule has 0 atom stereocenters. The highest BCUT2D eigenvalue weighted by Crippen LogP contribution is 2.33. The minimum absolute atomic E-state index is 0.311. The van der Waals surface area contributed by atoms with Crippen LogP contribution in [0.1, 0.15) is 11.1 Å². The molecule has 0 unspecified atom stereocenters. The van der Waals surface area contributed by atoms with Crippen LogP contribution in [0.25, 0.3) is 10.9 Å². The van der Waals surface area contributed by atoms with Crippen LogP contribution in [0, 0.1) is 6.92 Å². The van der Waals surface area contributed by atoms with E-state index >= 15 is 0 Å². The van der Waals surface area contributed by atoms with Crippen LogP contribution < -0.4 is 4.31 Å². The predicted octanol–water partition coefficient (Wildman–Crippen LogP) is 3.29. The van der Waals surface area contributed by atoms with Crippen LogP contribution >= 0.6 is 0 Å². The topological polar surface area (TPSA) is 50.3 Å². The number of benzene rings is 2. The van der Waals surface area contributed by atoms with Crippen molar-refractivity contribution in [3.8, 4) is 0 Å². The van der Waals surface area contributed by atoms with Crippen LogP contribution in [0.2, 0.25) is 0 Å². The maximum Gasteiger partial charge on any atom is 0.265 e. The van der Waals surface area contributed by atoms with E-state index in [9.17, 15) is 8.42 Å². The second-order valence-corrected chi connectivity index (χ2v) is 7.67. The summed E-state index contributed by atoms with van der Waals surface area (Å²) in [6.07, 6.45) is 0.693. The molecule has 2 aromatic carbocycles. The molecule has 0 saturated carbocycles. The molecular weight excluding hydrogens is 308 g/mol. The molecule has 1 aliphatic heterocycles. The number of fused-ring (bicyclic) bond motifs is 2. The molecule has 0 N–H and O–H groups in total. The molecular formula is C18H16N2O2S. The van der Waals surface area contributed by atoms with Crippen molar-refractivity contribution < 1.29 is 8.42 Å². The zero-order valence-electron chi connectivity index (χ0n) is 12.7. The van der Waals surface area contributed by atoms with Crippen molar-refractivity contribution in [1.29, 1.82) is 0 Å². The fourth-order valence-electron chi connectivity index (χ4n) is 2.95. The molecule has 0 amide bonds. The molecule has 116 valence electrons. The Morgan fingerprint density at radius 2 is 1.78 bits per heavy atom. The molecule has 23 heavy (non-hydrogen) atoms. The second kappa shape index (κ2) is 5.06. The summed E-state index contributed by atoms with van der Waals surface area (Å²) < 4.78 is 27.3. The van der Waals surface area contributed by atoms with E-state index in [1.165, 1.54) is 4.31 Å². The lowest BCUT2D eigenvalue weighted by atomic mass is 10.1. The van der Waals surface area contributed by atoms with Gasteiger partial charge in [0, 0.05) is 11.9 Å². The zero-order valence-corrected chi connectivity index (χ0v) is 13.5. The third kappa shape index (κ3) is 2.28. The summed E-state index contributed by atoms with van der Waals surface area (Å²) in [7, 11) is -3.57. The highest BCUT2D eigenvalue weighted by molar-refractivity contribution is 7.92. The Balaban J connectivity index is 1.84. The van der Waals surface area contributed by atoms with Gasteiger partial charge >= 0.3 is 0 Å². The van der Waals surface area contributed by atoms with Crippen molar-refractivity contribution in [3.63, 3.8) is 0 Å². The van der Waals surface area contributed by atoms with E-state index in [4.69, 9.17) is 0 Å². The average molecular weight is 324 g/mol. The normalized spacial score (nSPS) is 14.2.